The van der Waals surface area contributed by atoms with E-state index in [9.17, 15) is 5.11 Å². The summed E-state index contributed by atoms with van der Waals surface area (Å²) >= 11 is 7.37. The standard InChI is InChI=1S/C27H20OS4/c1-14-8-24(29-12-14)26-10-20-18-2-3-19-17(16(18)4-6-22(20)31-26)5-7-23-21(19)11-27(32-23)25-9-15(28)13-30-25/h2-3,8-13,28H,4-7H2,1H3. The third-order valence-electron chi connectivity index (χ3n) is 6.64. The van der Waals surface area contributed by atoms with Crippen LogP contribution in [0.5, 0.6) is 5.75 Å². The Hall–Kier alpha value is -2.18. The zero-order valence-corrected chi connectivity index (χ0v) is 20.8. The van der Waals surface area contributed by atoms with Gasteiger partial charge in [0.1, 0.15) is 5.75 Å². The Morgan fingerprint density at radius 1 is 0.625 bits per heavy atom. The molecule has 1 N–H and O–H groups in total. The van der Waals surface area contributed by atoms with Crippen LogP contribution in [0.25, 0.3) is 41.8 Å². The van der Waals surface area contributed by atoms with Gasteiger partial charge in [-0.3, -0.25) is 0 Å². The normalized spacial score (nSPS) is 14.0. The fourth-order valence-corrected chi connectivity index (χ4v) is 9.39. The Balaban J connectivity index is 1.33. The van der Waals surface area contributed by atoms with Gasteiger partial charge >= 0.3 is 0 Å². The molecule has 0 aliphatic heterocycles. The molecular weight excluding hydrogens is 469 g/mol. The van der Waals surface area contributed by atoms with Crippen LogP contribution in [0.1, 0.15) is 26.4 Å². The van der Waals surface area contributed by atoms with E-state index in [1.54, 1.807) is 27.3 Å². The van der Waals surface area contributed by atoms with Gasteiger partial charge in [-0.15, -0.1) is 45.3 Å². The predicted molar refractivity (Wildman–Crippen MR) is 141 cm³/mol. The van der Waals surface area contributed by atoms with Crippen LogP contribution in [0.3, 0.4) is 0 Å². The average Bonchev–Trinajstić information content (AvgIpc) is 3.57. The van der Waals surface area contributed by atoms with Crippen LogP contribution >= 0.6 is 45.3 Å². The van der Waals surface area contributed by atoms with Gasteiger partial charge < -0.3 is 5.11 Å². The highest BCUT2D eigenvalue weighted by atomic mass is 32.1. The Kier molecular flexibility index (Phi) is 4.32. The van der Waals surface area contributed by atoms with Gasteiger partial charge in [0.15, 0.2) is 0 Å². The maximum absolute atomic E-state index is 9.78. The molecule has 2 aliphatic rings. The lowest BCUT2D eigenvalue weighted by molar-refractivity contribution is 0.478. The van der Waals surface area contributed by atoms with Crippen molar-refractivity contribution in [3.05, 3.63) is 73.6 Å². The van der Waals surface area contributed by atoms with Crippen LogP contribution in [0, 0.1) is 6.92 Å². The van der Waals surface area contributed by atoms with Gasteiger partial charge in [0.05, 0.1) is 0 Å². The molecular formula is C27H20OS4. The summed E-state index contributed by atoms with van der Waals surface area (Å²) < 4.78 is 0. The van der Waals surface area contributed by atoms with Gasteiger partial charge in [0.2, 0.25) is 0 Å². The summed E-state index contributed by atoms with van der Waals surface area (Å²) in [7, 11) is 0. The molecule has 4 heterocycles. The maximum atomic E-state index is 9.78. The van der Waals surface area contributed by atoms with E-state index in [0.29, 0.717) is 5.75 Å². The van der Waals surface area contributed by atoms with Gasteiger partial charge in [-0.25, -0.2) is 0 Å². The van der Waals surface area contributed by atoms with Crippen LogP contribution in [0.2, 0.25) is 0 Å². The number of fused-ring (bicyclic) bond motifs is 7. The van der Waals surface area contributed by atoms with E-state index >= 15 is 0 Å². The number of hydrogen-bond acceptors (Lipinski definition) is 5. The van der Waals surface area contributed by atoms with Gasteiger partial charge in [-0.05, 0) is 101 Å². The molecule has 1 nitrogen and oxygen atoms in total. The van der Waals surface area contributed by atoms with Crippen LogP contribution in [-0.2, 0) is 25.7 Å². The second-order valence-corrected chi connectivity index (χ2v) is 12.8. The average molecular weight is 489 g/mol. The van der Waals surface area contributed by atoms with Crippen LogP contribution in [-0.4, -0.2) is 5.11 Å². The summed E-state index contributed by atoms with van der Waals surface area (Å²) in [6.07, 6.45) is 4.57. The molecule has 4 aromatic heterocycles. The SMILES string of the molecule is Cc1csc(-c2cc3c(s2)CCc2c-3ccc3c2CCc2sc(-c4cc(O)cs4)cc2-3)c1. The molecule has 5 aromatic rings. The zero-order valence-electron chi connectivity index (χ0n) is 17.5. The highest BCUT2D eigenvalue weighted by Crippen LogP contribution is 2.49. The predicted octanol–water partition coefficient (Wildman–Crippen LogP) is 8.81. The van der Waals surface area contributed by atoms with Crippen molar-refractivity contribution in [3.8, 4) is 47.5 Å². The molecule has 32 heavy (non-hydrogen) atoms. The maximum Gasteiger partial charge on any atom is 0.126 e. The third-order valence-corrected chi connectivity index (χ3v) is 11.4. The van der Waals surface area contributed by atoms with Crippen molar-refractivity contribution in [2.24, 2.45) is 0 Å². The summed E-state index contributed by atoms with van der Waals surface area (Å²) in [5.74, 6) is 0.370. The largest absolute Gasteiger partial charge is 0.507 e. The number of benzene rings is 1. The van der Waals surface area contributed by atoms with E-state index in [-0.39, 0.29) is 0 Å². The fourth-order valence-electron chi connectivity index (χ4n) is 5.19. The van der Waals surface area contributed by atoms with Crippen molar-refractivity contribution in [2.75, 3.05) is 0 Å². The number of rotatable bonds is 2. The smallest absolute Gasteiger partial charge is 0.126 e. The molecule has 0 saturated carbocycles. The van der Waals surface area contributed by atoms with E-state index in [4.69, 9.17) is 0 Å². The first-order valence-corrected chi connectivity index (χ1v) is 14.3. The topological polar surface area (TPSA) is 20.2 Å². The molecule has 0 amide bonds. The number of thiophene rings is 4. The van der Waals surface area contributed by atoms with Gasteiger partial charge in [-0.2, -0.15) is 0 Å². The highest BCUT2D eigenvalue weighted by molar-refractivity contribution is 7.22. The second-order valence-electron chi connectivity index (χ2n) is 8.67. The van der Waals surface area contributed by atoms with Gasteiger partial charge in [0, 0.05) is 34.6 Å². The van der Waals surface area contributed by atoms with Crippen LogP contribution in [0.4, 0.5) is 0 Å². The summed E-state index contributed by atoms with van der Waals surface area (Å²) in [6.45, 7) is 2.18. The highest BCUT2D eigenvalue weighted by Gasteiger charge is 2.27. The molecule has 0 spiro atoms. The molecule has 0 radical (unpaired) electrons. The van der Waals surface area contributed by atoms with Crippen molar-refractivity contribution < 1.29 is 5.11 Å². The van der Waals surface area contributed by atoms with E-state index in [1.807, 2.05) is 45.5 Å². The first-order chi connectivity index (χ1) is 15.6. The minimum Gasteiger partial charge on any atom is -0.507 e. The van der Waals surface area contributed by atoms with Crippen LogP contribution < -0.4 is 0 Å². The van der Waals surface area contributed by atoms with Crippen molar-refractivity contribution in [2.45, 2.75) is 32.6 Å². The van der Waals surface area contributed by atoms with Gasteiger partial charge in [-0.1, -0.05) is 12.1 Å². The van der Waals surface area contributed by atoms with Crippen molar-refractivity contribution >= 4 is 45.3 Å². The summed E-state index contributed by atoms with van der Waals surface area (Å²) in [5.41, 5.74) is 10.3. The van der Waals surface area contributed by atoms with Crippen LogP contribution in [0.15, 0.2) is 47.2 Å². The van der Waals surface area contributed by atoms with E-state index in [0.717, 1.165) is 25.7 Å². The molecule has 0 saturated heterocycles. The quantitative estimate of drug-likeness (QED) is 0.263. The fraction of sp³-hybridized carbons (Fsp3) is 0.185. The second kappa shape index (κ2) is 7.16. The lowest BCUT2D eigenvalue weighted by atomic mass is 9.80. The molecule has 0 fully saturated rings. The molecule has 0 bridgehead atoms. The zero-order chi connectivity index (χ0) is 21.4. The summed E-state index contributed by atoms with van der Waals surface area (Å²) in [4.78, 5) is 8.30. The number of hydrogen-bond donors (Lipinski definition) is 1. The lowest BCUT2D eigenvalue weighted by Crippen LogP contribution is -2.10. The summed E-state index contributed by atoms with van der Waals surface area (Å²) in [6, 6.07) is 13.8. The Labute approximate surface area is 203 Å². The minimum atomic E-state index is 0.370. The Bertz CT molecular complexity index is 1390. The van der Waals surface area contributed by atoms with Crippen molar-refractivity contribution in [1.82, 2.24) is 0 Å². The van der Waals surface area contributed by atoms with Gasteiger partial charge in [0.25, 0.3) is 0 Å². The molecule has 5 heteroatoms. The first-order valence-electron chi connectivity index (χ1n) is 10.9. The minimum absolute atomic E-state index is 0.370. The third kappa shape index (κ3) is 2.92. The molecule has 158 valence electrons. The van der Waals surface area contributed by atoms with Crippen molar-refractivity contribution in [3.63, 3.8) is 0 Å². The van der Waals surface area contributed by atoms with Crippen molar-refractivity contribution in [1.29, 1.82) is 0 Å². The monoisotopic (exact) mass is 488 g/mol. The summed E-state index contributed by atoms with van der Waals surface area (Å²) in [5, 5.41) is 13.9. The molecule has 1 aromatic carbocycles. The Morgan fingerprint density at radius 3 is 1.69 bits per heavy atom. The molecule has 0 unspecified atom stereocenters. The van der Waals surface area contributed by atoms with E-state index < -0.39 is 0 Å². The van der Waals surface area contributed by atoms with E-state index in [1.165, 1.54) is 52.2 Å². The molecule has 2 aliphatic carbocycles. The number of aromatic hydroxyl groups is 1. The van der Waals surface area contributed by atoms with E-state index in [2.05, 4.69) is 42.6 Å². The number of aryl methyl sites for hydroxylation is 3. The molecule has 7 rings (SSSR count). The first kappa shape index (κ1) is 19.3. The molecule has 0 atom stereocenters. The Morgan fingerprint density at radius 2 is 1.19 bits per heavy atom. The lowest BCUT2D eigenvalue weighted by Gasteiger charge is -2.25.